The van der Waals surface area contributed by atoms with Crippen LogP contribution in [0.3, 0.4) is 0 Å². The number of unbranched alkanes of at least 4 members (excludes halogenated alkanes) is 2. The topological polar surface area (TPSA) is 29.1 Å². The molecule has 0 radical (unpaired) electrons. The molecule has 1 amide bonds. The van der Waals surface area contributed by atoms with Gasteiger partial charge < -0.3 is 5.32 Å². The van der Waals surface area contributed by atoms with Crippen molar-refractivity contribution < 1.29 is 4.79 Å². The van der Waals surface area contributed by atoms with E-state index in [0.29, 0.717) is 5.75 Å². The first-order valence-corrected chi connectivity index (χ1v) is 5.92. The van der Waals surface area contributed by atoms with Crippen molar-refractivity contribution in [1.82, 2.24) is 5.32 Å². The molecule has 13 heavy (non-hydrogen) atoms. The average Bonchev–Trinajstić information content (AvgIpc) is 2.14. The minimum Gasteiger partial charge on any atom is -0.355 e. The summed E-state index contributed by atoms with van der Waals surface area (Å²) in [7, 11) is 0. The Kier molecular flexibility index (Phi) is 9.32. The third-order valence-electron chi connectivity index (χ3n) is 1.59. The number of carbonyl (C=O) groups is 1. The summed E-state index contributed by atoms with van der Waals surface area (Å²) in [6.07, 6.45) is 5.12. The van der Waals surface area contributed by atoms with Gasteiger partial charge in [0.15, 0.2) is 0 Å². The van der Waals surface area contributed by atoms with Crippen molar-refractivity contribution in [2.75, 3.05) is 18.1 Å². The van der Waals surface area contributed by atoms with Crippen LogP contribution in [-0.4, -0.2) is 24.0 Å². The lowest BCUT2D eigenvalue weighted by Crippen LogP contribution is -2.26. The molecular formula is C10H19NOS. The third-order valence-corrected chi connectivity index (χ3v) is 2.47. The van der Waals surface area contributed by atoms with Gasteiger partial charge in [0.05, 0.1) is 5.75 Å². The van der Waals surface area contributed by atoms with Gasteiger partial charge in [0.25, 0.3) is 0 Å². The molecule has 0 heterocycles. The molecule has 0 rings (SSSR count). The molecule has 0 unspecified atom stereocenters. The molecule has 2 nitrogen and oxygen atoms in total. The quantitative estimate of drug-likeness (QED) is 0.482. The molecule has 3 heteroatoms. The molecule has 0 aromatic carbocycles. The molecule has 0 spiro atoms. The fourth-order valence-corrected chi connectivity index (χ4v) is 1.38. The average molecular weight is 201 g/mol. The zero-order valence-corrected chi connectivity index (χ0v) is 9.16. The predicted octanol–water partition coefficient (Wildman–Crippen LogP) is 2.21. The standard InChI is InChI=1S/C10H19NOS/c1-3-5-6-7-8-11-10(12)9-13-4-2/h3H,1,4-9H2,2H3,(H,11,12). The number of carbonyl (C=O) groups excluding carboxylic acids is 1. The van der Waals surface area contributed by atoms with Crippen molar-refractivity contribution in [3.05, 3.63) is 12.7 Å². The van der Waals surface area contributed by atoms with Crippen LogP contribution in [0.1, 0.15) is 26.2 Å². The lowest BCUT2D eigenvalue weighted by atomic mass is 10.2. The second-order valence-electron chi connectivity index (χ2n) is 2.77. The van der Waals surface area contributed by atoms with E-state index in [1.54, 1.807) is 11.8 Å². The van der Waals surface area contributed by atoms with Gasteiger partial charge >= 0.3 is 0 Å². The maximum atomic E-state index is 11.1. The highest BCUT2D eigenvalue weighted by Gasteiger charge is 1.98. The summed E-state index contributed by atoms with van der Waals surface area (Å²) in [5.74, 6) is 1.76. The Labute approximate surface area is 85.2 Å². The Bertz CT molecular complexity index is 148. The summed E-state index contributed by atoms with van der Waals surface area (Å²) in [5, 5.41) is 2.88. The number of nitrogens with one attached hydrogen (secondary N) is 1. The number of rotatable bonds is 8. The van der Waals surface area contributed by atoms with Crippen LogP contribution in [0.15, 0.2) is 12.7 Å². The highest BCUT2D eigenvalue weighted by atomic mass is 32.2. The highest BCUT2D eigenvalue weighted by molar-refractivity contribution is 7.99. The van der Waals surface area contributed by atoms with Crippen molar-refractivity contribution in [2.45, 2.75) is 26.2 Å². The fourth-order valence-electron chi connectivity index (χ4n) is 0.887. The van der Waals surface area contributed by atoms with Gasteiger partial charge in [0.1, 0.15) is 0 Å². The second-order valence-corrected chi connectivity index (χ2v) is 4.05. The van der Waals surface area contributed by atoms with Crippen molar-refractivity contribution in [1.29, 1.82) is 0 Å². The Morgan fingerprint density at radius 2 is 2.31 bits per heavy atom. The molecule has 0 aliphatic rings. The minimum absolute atomic E-state index is 0.158. The van der Waals surface area contributed by atoms with E-state index in [9.17, 15) is 4.79 Å². The summed E-state index contributed by atoms with van der Waals surface area (Å²) in [5.41, 5.74) is 0. The summed E-state index contributed by atoms with van der Waals surface area (Å²) in [6.45, 7) is 6.50. The van der Waals surface area contributed by atoms with Crippen LogP contribution < -0.4 is 5.32 Å². The first-order chi connectivity index (χ1) is 6.31. The van der Waals surface area contributed by atoms with Crippen LogP contribution in [0.4, 0.5) is 0 Å². The van der Waals surface area contributed by atoms with Crippen LogP contribution in [0.2, 0.25) is 0 Å². The van der Waals surface area contributed by atoms with Crippen LogP contribution in [0.25, 0.3) is 0 Å². The summed E-state index contributed by atoms with van der Waals surface area (Å²) < 4.78 is 0. The molecule has 0 atom stereocenters. The lowest BCUT2D eigenvalue weighted by molar-refractivity contribution is -0.118. The number of amides is 1. The van der Waals surface area contributed by atoms with Gasteiger partial charge in [0.2, 0.25) is 5.91 Å². The molecule has 0 bridgehead atoms. The highest BCUT2D eigenvalue weighted by Crippen LogP contribution is 1.97. The van der Waals surface area contributed by atoms with Gasteiger partial charge in [-0.25, -0.2) is 0 Å². The first-order valence-electron chi connectivity index (χ1n) is 4.76. The fraction of sp³-hybridized carbons (Fsp3) is 0.700. The Morgan fingerprint density at radius 3 is 2.92 bits per heavy atom. The Hall–Kier alpha value is -0.440. The molecule has 0 fully saturated rings. The monoisotopic (exact) mass is 201 g/mol. The van der Waals surface area contributed by atoms with Crippen molar-refractivity contribution in [3.63, 3.8) is 0 Å². The molecule has 0 aliphatic carbocycles. The normalized spacial score (nSPS) is 9.62. The van der Waals surface area contributed by atoms with E-state index in [1.807, 2.05) is 6.08 Å². The maximum absolute atomic E-state index is 11.1. The zero-order chi connectivity index (χ0) is 9.94. The SMILES string of the molecule is C=CCCCCNC(=O)CSCC. The van der Waals surface area contributed by atoms with Gasteiger partial charge in [0, 0.05) is 6.54 Å². The first kappa shape index (κ1) is 12.6. The molecule has 0 aromatic rings. The molecule has 0 aromatic heterocycles. The van der Waals surface area contributed by atoms with Crippen LogP contribution >= 0.6 is 11.8 Å². The Balaban J connectivity index is 3.12. The van der Waals surface area contributed by atoms with E-state index in [2.05, 4.69) is 18.8 Å². The number of hydrogen-bond acceptors (Lipinski definition) is 2. The van der Waals surface area contributed by atoms with Crippen molar-refractivity contribution in [3.8, 4) is 0 Å². The largest absolute Gasteiger partial charge is 0.355 e. The number of thioether (sulfide) groups is 1. The summed E-state index contributed by atoms with van der Waals surface area (Å²) in [6, 6.07) is 0. The van der Waals surface area contributed by atoms with E-state index in [4.69, 9.17) is 0 Å². The van der Waals surface area contributed by atoms with Gasteiger partial charge in [-0.15, -0.1) is 6.58 Å². The molecule has 76 valence electrons. The second kappa shape index (κ2) is 9.65. The van der Waals surface area contributed by atoms with Crippen LogP contribution in [0, 0.1) is 0 Å². The number of allylic oxidation sites excluding steroid dienone is 1. The van der Waals surface area contributed by atoms with Crippen LogP contribution in [0.5, 0.6) is 0 Å². The molecule has 0 aliphatic heterocycles. The smallest absolute Gasteiger partial charge is 0.229 e. The van der Waals surface area contributed by atoms with Gasteiger partial charge in [-0.1, -0.05) is 13.0 Å². The van der Waals surface area contributed by atoms with Crippen molar-refractivity contribution in [2.24, 2.45) is 0 Å². The Morgan fingerprint density at radius 1 is 1.54 bits per heavy atom. The summed E-state index contributed by atoms with van der Waals surface area (Å²) in [4.78, 5) is 11.1. The van der Waals surface area contributed by atoms with Gasteiger partial charge in [-0.2, -0.15) is 11.8 Å². The lowest BCUT2D eigenvalue weighted by Gasteiger charge is -2.03. The van der Waals surface area contributed by atoms with E-state index >= 15 is 0 Å². The predicted molar refractivity (Wildman–Crippen MR) is 60.1 cm³/mol. The van der Waals surface area contributed by atoms with E-state index in [-0.39, 0.29) is 5.91 Å². The van der Waals surface area contributed by atoms with Crippen molar-refractivity contribution >= 4 is 17.7 Å². The maximum Gasteiger partial charge on any atom is 0.229 e. The van der Waals surface area contributed by atoms with E-state index in [1.165, 1.54) is 0 Å². The van der Waals surface area contributed by atoms with Gasteiger partial charge in [-0.05, 0) is 25.0 Å². The van der Waals surface area contributed by atoms with E-state index in [0.717, 1.165) is 31.6 Å². The minimum atomic E-state index is 0.158. The zero-order valence-electron chi connectivity index (χ0n) is 8.34. The third kappa shape index (κ3) is 9.47. The molecule has 0 saturated heterocycles. The van der Waals surface area contributed by atoms with Gasteiger partial charge in [-0.3, -0.25) is 4.79 Å². The number of hydrogen-bond donors (Lipinski definition) is 1. The molecular weight excluding hydrogens is 182 g/mol. The molecule has 1 N–H and O–H groups in total. The summed E-state index contributed by atoms with van der Waals surface area (Å²) >= 11 is 1.66. The van der Waals surface area contributed by atoms with Crippen LogP contribution in [-0.2, 0) is 4.79 Å². The van der Waals surface area contributed by atoms with E-state index < -0.39 is 0 Å². The molecule has 0 saturated carbocycles.